The van der Waals surface area contributed by atoms with Gasteiger partial charge in [0, 0.05) is 22.5 Å². The van der Waals surface area contributed by atoms with Crippen LogP contribution in [0.25, 0.3) is 0 Å². The summed E-state index contributed by atoms with van der Waals surface area (Å²) in [6.07, 6.45) is 8.46. The largest absolute Gasteiger partial charge is 0.465 e. The van der Waals surface area contributed by atoms with E-state index in [-0.39, 0.29) is 53.5 Å². The maximum atomic E-state index is 15.1. The fraction of sp³-hybridized carbons (Fsp3) is 0.462. The summed E-state index contributed by atoms with van der Waals surface area (Å²) in [5.74, 6) is -1.43. The van der Waals surface area contributed by atoms with Crippen molar-refractivity contribution in [1.82, 2.24) is 0 Å². The van der Waals surface area contributed by atoms with E-state index in [1.807, 2.05) is 6.92 Å². The summed E-state index contributed by atoms with van der Waals surface area (Å²) in [5, 5.41) is 0.0226. The van der Waals surface area contributed by atoms with Crippen molar-refractivity contribution in [3.63, 3.8) is 0 Å². The number of rotatable bonds is 11. The number of hydrogen-bond donors (Lipinski definition) is 0. The standard InChI is InChI=1S/C26H29ClFNO6S/c1-4-7-13-34-24(31)16-36-22-15-21(20(28)14-19(22)27)29(23(30)6-3)25(32)17-10-8-9-11-18(17)26(33)35-12-5-2/h2,14-15H,4,6-13,16H2,1,3H3. The molecule has 7 nitrogen and oxygen atoms in total. The Morgan fingerprint density at radius 3 is 2.47 bits per heavy atom. The van der Waals surface area contributed by atoms with E-state index in [4.69, 9.17) is 27.5 Å². The Balaban J connectivity index is 2.42. The Morgan fingerprint density at radius 2 is 1.83 bits per heavy atom. The molecule has 0 spiro atoms. The highest BCUT2D eigenvalue weighted by Crippen LogP contribution is 2.36. The van der Waals surface area contributed by atoms with E-state index in [9.17, 15) is 19.2 Å². The molecule has 2 rings (SSSR count). The third kappa shape index (κ3) is 7.84. The number of imide groups is 1. The first-order valence-electron chi connectivity index (χ1n) is 11.7. The van der Waals surface area contributed by atoms with Crippen LogP contribution in [0.3, 0.4) is 0 Å². The van der Waals surface area contributed by atoms with Crippen LogP contribution >= 0.6 is 23.4 Å². The van der Waals surface area contributed by atoms with Gasteiger partial charge >= 0.3 is 11.9 Å². The number of ether oxygens (including phenoxy) is 2. The van der Waals surface area contributed by atoms with Crippen LogP contribution in [0.1, 0.15) is 58.8 Å². The van der Waals surface area contributed by atoms with Gasteiger partial charge in [0.25, 0.3) is 5.91 Å². The van der Waals surface area contributed by atoms with Crippen molar-refractivity contribution in [3.8, 4) is 12.3 Å². The summed E-state index contributed by atoms with van der Waals surface area (Å²) in [6, 6.07) is 2.25. The summed E-state index contributed by atoms with van der Waals surface area (Å²) in [6.45, 7) is 3.55. The molecular weight excluding hydrogens is 509 g/mol. The lowest BCUT2D eigenvalue weighted by atomic mass is 9.90. The van der Waals surface area contributed by atoms with Gasteiger partial charge in [-0.2, -0.15) is 0 Å². The second-order valence-corrected chi connectivity index (χ2v) is 9.35. The van der Waals surface area contributed by atoms with Crippen LogP contribution in [0.5, 0.6) is 0 Å². The molecule has 0 unspecified atom stereocenters. The third-order valence-electron chi connectivity index (χ3n) is 5.36. The second-order valence-electron chi connectivity index (χ2n) is 7.93. The number of terminal acetylenes is 1. The van der Waals surface area contributed by atoms with Crippen LogP contribution in [-0.4, -0.2) is 42.7 Å². The molecule has 10 heteroatoms. The Hall–Kier alpha value is -2.83. The van der Waals surface area contributed by atoms with Crippen molar-refractivity contribution in [2.45, 2.75) is 63.7 Å². The zero-order valence-electron chi connectivity index (χ0n) is 20.4. The van der Waals surface area contributed by atoms with Gasteiger partial charge in [0.2, 0.25) is 5.91 Å². The monoisotopic (exact) mass is 537 g/mol. The number of benzene rings is 1. The molecule has 1 aromatic carbocycles. The summed E-state index contributed by atoms with van der Waals surface area (Å²) < 4.78 is 25.2. The van der Waals surface area contributed by atoms with Gasteiger partial charge < -0.3 is 9.47 Å². The van der Waals surface area contributed by atoms with Gasteiger partial charge in [-0.3, -0.25) is 14.4 Å². The lowest BCUT2D eigenvalue weighted by Gasteiger charge is -2.26. The Bertz CT molecular complexity index is 1080. The van der Waals surface area contributed by atoms with E-state index in [0.717, 1.165) is 35.6 Å². The van der Waals surface area contributed by atoms with E-state index in [2.05, 4.69) is 5.92 Å². The minimum atomic E-state index is -0.891. The molecule has 36 heavy (non-hydrogen) atoms. The minimum Gasteiger partial charge on any atom is -0.465 e. The van der Waals surface area contributed by atoms with Crippen molar-refractivity contribution in [2.24, 2.45) is 0 Å². The molecular formula is C26H29ClFNO6S. The first-order valence-corrected chi connectivity index (χ1v) is 13.1. The predicted octanol–water partition coefficient (Wildman–Crippen LogP) is 5.23. The molecule has 0 aliphatic heterocycles. The quantitative estimate of drug-likeness (QED) is 0.165. The number of carbonyl (C=O) groups excluding carboxylic acids is 4. The molecule has 0 saturated carbocycles. The van der Waals surface area contributed by atoms with Gasteiger partial charge in [0.1, 0.15) is 5.82 Å². The first kappa shape index (κ1) is 29.4. The van der Waals surface area contributed by atoms with E-state index in [1.165, 1.54) is 13.0 Å². The topological polar surface area (TPSA) is 90.0 Å². The lowest BCUT2D eigenvalue weighted by Crippen LogP contribution is -2.39. The van der Waals surface area contributed by atoms with Gasteiger partial charge in [-0.15, -0.1) is 18.2 Å². The summed E-state index contributed by atoms with van der Waals surface area (Å²) in [5.41, 5.74) is -0.0881. The molecule has 194 valence electrons. The van der Waals surface area contributed by atoms with Gasteiger partial charge in [0.15, 0.2) is 6.61 Å². The number of nitrogens with zero attached hydrogens (tertiary/aromatic N) is 1. The molecule has 0 heterocycles. The molecule has 1 aliphatic rings. The van der Waals surface area contributed by atoms with Crippen LogP contribution in [0, 0.1) is 18.2 Å². The Kier molecular flexibility index (Phi) is 12.0. The second kappa shape index (κ2) is 14.7. The highest BCUT2D eigenvalue weighted by atomic mass is 35.5. The van der Waals surface area contributed by atoms with Crippen molar-refractivity contribution >= 4 is 52.8 Å². The molecule has 0 atom stereocenters. The smallest absolute Gasteiger partial charge is 0.335 e. The number of anilines is 1. The molecule has 0 saturated heterocycles. The van der Waals surface area contributed by atoms with E-state index in [0.29, 0.717) is 24.3 Å². The molecule has 1 aliphatic carbocycles. The number of hydrogen-bond acceptors (Lipinski definition) is 7. The number of esters is 2. The Labute approximate surface area is 219 Å². The summed E-state index contributed by atoms with van der Waals surface area (Å²) in [4.78, 5) is 52.0. The maximum absolute atomic E-state index is 15.1. The molecule has 1 aromatic rings. The predicted molar refractivity (Wildman–Crippen MR) is 136 cm³/mol. The van der Waals surface area contributed by atoms with Crippen LogP contribution in [0.4, 0.5) is 10.1 Å². The number of halogens is 2. The first-order chi connectivity index (χ1) is 17.2. The summed E-state index contributed by atoms with van der Waals surface area (Å²) >= 11 is 7.19. The number of thioether (sulfide) groups is 1. The Morgan fingerprint density at radius 1 is 1.14 bits per heavy atom. The van der Waals surface area contributed by atoms with Crippen LogP contribution in [0.2, 0.25) is 5.02 Å². The zero-order valence-corrected chi connectivity index (χ0v) is 21.9. The van der Waals surface area contributed by atoms with Gasteiger partial charge in [-0.1, -0.05) is 37.8 Å². The summed E-state index contributed by atoms with van der Waals surface area (Å²) in [7, 11) is 0. The van der Waals surface area contributed by atoms with E-state index < -0.39 is 29.6 Å². The van der Waals surface area contributed by atoms with Gasteiger partial charge in [-0.05, 0) is 44.2 Å². The average Bonchev–Trinajstić information content (AvgIpc) is 2.87. The zero-order chi connectivity index (χ0) is 26.7. The van der Waals surface area contributed by atoms with Crippen molar-refractivity contribution in [2.75, 3.05) is 23.9 Å². The van der Waals surface area contributed by atoms with Crippen LogP contribution in [-0.2, 0) is 28.7 Å². The molecule has 0 radical (unpaired) electrons. The highest BCUT2D eigenvalue weighted by molar-refractivity contribution is 8.00. The van der Waals surface area contributed by atoms with Crippen LogP contribution < -0.4 is 4.90 Å². The molecule has 0 bridgehead atoms. The van der Waals surface area contributed by atoms with Gasteiger partial charge in [0.05, 0.1) is 23.1 Å². The normalized spacial score (nSPS) is 13.1. The molecule has 0 aromatic heterocycles. The number of unbranched alkanes of at least 4 members (excludes halogenated alkanes) is 1. The maximum Gasteiger partial charge on any atom is 0.335 e. The molecule has 2 amide bonds. The van der Waals surface area contributed by atoms with Crippen molar-refractivity contribution in [3.05, 3.63) is 34.1 Å². The molecule has 0 fully saturated rings. The third-order valence-corrected chi connectivity index (χ3v) is 6.82. The highest BCUT2D eigenvalue weighted by Gasteiger charge is 2.33. The van der Waals surface area contributed by atoms with Crippen LogP contribution in [0.15, 0.2) is 28.2 Å². The minimum absolute atomic E-state index is 0.0226. The van der Waals surface area contributed by atoms with Gasteiger partial charge in [-0.25, -0.2) is 14.1 Å². The van der Waals surface area contributed by atoms with E-state index >= 15 is 4.39 Å². The lowest BCUT2D eigenvalue weighted by molar-refractivity contribution is -0.140. The SMILES string of the molecule is C#CCOC(=O)C1=C(C(=O)N(C(=O)CC)c2cc(SCC(=O)OCCCC)c(Cl)cc2F)CCCC1. The number of amides is 2. The van der Waals surface area contributed by atoms with Crippen molar-refractivity contribution in [1.29, 1.82) is 0 Å². The fourth-order valence-corrected chi connectivity index (χ4v) is 4.58. The number of carbonyl (C=O) groups is 4. The van der Waals surface area contributed by atoms with Crippen molar-refractivity contribution < 1.29 is 33.0 Å². The van der Waals surface area contributed by atoms with E-state index in [1.54, 1.807) is 0 Å². The fourth-order valence-electron chi connectivity index (χ4n) is 3.52. The molecule has 0 N–H and O–H groups in total. The average molecular weight is 538 g/mol.